The number of halogens is 1. The van der Waals surface area contributed by atoms with Gasteiger partial charge in [-0.2, -0.15) is 0 Å². The second-order valence-electron chi connectivity index (χ2n) is 4.95. The number of nitrogens with zero attached hydrogens (tertiary/aromatic N) is 1. The van der Waals surface area contributed by atoms with Gasteiger partial charge in [-0.25, -0.2) is 18.2 Å². The Labute approximate surface area is 137 Å². The van der Waals surface area contributed by atoms with Crippen LogP contribution in [0, 0.1) is 0 Å². The molecule has 1 unspecified atom stereocenters. The first-order valence-electron chi connectivity index (χ1n) is 6.62. The zero-order chi connectivity index (χ0) is 16.6. The van der Waals surface area contributed by atoms with E-state index in [-0.39, 0.29) is 23.0 Å². The van der Waals surface area contributed by atoms with E-state index in [0.29, 0.717) is 10.8 Å². The number of carbonyl (C=O) groups excluding carboxylic acids is 1. The minimum absolute atomic E-state index is 0.0343. The Bertz CT molecular complexity index is 927. The molecule has 1 atom stereocenters. The molecule has 0 aromatic heterocycles. The summed E-state index contributed by atoms with van der Waals surface area (Å²) in [5, 5.41) is 12.3. The molecule has 2 amide bonds. The highest BCUT2D eigenvalue weighted by Gasteiger charge is 2.28. The monoisotopic (exact) mass is 353 g/mol. The van der Waals surface area contributed by atoms with Gasteiger partial charge in [-0.05, 0) is 6.07 Å². The third-order valence-electron chi connectivity index (χ3n) is 3.43. The lowest BCUT2D eigenvalue weighted by Crippen LogP contribution is -2.43. The first-order valence-corrected chi connectivity index (χ1v) is 8.55. The van der Waals surface area contributed by atoms with E-state index in [2.05, 4.69) is 15.0 Å². The van der Waals surface area contributed by atoms with Gasteiger partial charge in [0.25, 0.3) is 0 Å². The van der Waals surface area contributed by atoms with Gasteiger partial charge >= 0.3 is 6.03 Å². The number of nitrogens with one attached hydrogen (secondary N) is 2. The number of anilines is 1. The maximum atomic E-state index is 12.4. The molecule has 3 N–H and O–H groups in total. The van der Waals surface area contributed by atoms with E-state index in [1.807, 2.05) is 0 Å². The third-order valence-corrected chi connectivity index (χ3v) is 5.31. The molecule has 2 aromatic rings. The second-order valence-corrected chi connectivity index (χ2v) is 7.26. The van der Waals surface area contributed by atoms with Crippen LogP contribution in [-0.2, 0) is 10.0 Å². The number of carbonyl (C=O) groups is 1. The van der Waals surface area contributed by atoms with Crippen molar-refractivity contribution in [1.29, 1.82) is 0 Å². The van der Waals surface area contributed by atoms with E-state index in [0.717, 1.165) is 6.21 Å². The van der Waals surface area contributed by atoms with Crippen LogP contribution in [0.25, 0.3) is 10.8 Å². The van der Waals surface area contributed by atoms with Gasteiger partial charge in [-0.15, -0.1) is 0 Å². The molecule has 0 saturated heterocycles. The summed E-state index contributed by atoms with van der Waals surface area (Å²) in [6, 6.07) is 7.50. The number of aromatic hydroxyl groups is 1. The maximum absolute atomic E-state index is 12.4. The summed E-state index contributed by atoms with van der Waals surface area (Å²) in [7, 11) is -3.84. The fourth-order valence-electron chi connectivity index (χ4n) is 2.27. The Balaban J connectivity index is 2.03. The van der Waals surface area contributed by atoms with E-state index < -0.39 is 21.3 Å². The fraction of sp³-hybridized carbons (Fsp3) is 0.143. The van der Waals surface area contributed by atoms with Crippen LogP contribution in [0.3, 0.4) is 0 Å². The van der Waals surface area contributed by atoms with Crippen molar-refractivity contribution >= 4 is 50.3 Å². The topological polar surface area (TPSA) is 108 Å². The molecule has 0 fully saturated rings. The van der Waals surface area contributed by atoms with Crippen molar-refractivity contribution in [3.05, 3.63) is 35.4 Å². The van der Waals surface area contributed by atoms with Crippen molar-refractivity contribution in [3.63, 3.8) is 0 Å². The quantitative estimate of drug-likeness (QED) is 0.734. The number of hydrogen-bond acceptors (Lipinski definition) is 4. The van der Waals surface area contributed by atoms with Gasteiger partial charge in [-0.3, -0.25) is 4.72 Å². The van der Waals surface area contributed by atoms with Gasteiger partial charge in [0.15, 0.2) is 0 Å². The van der Waals surface area contributed by atoms with E-state index in [9.17, 15) is 18.3 Å². The van der Waals surface area contributed by atoms with Crippen LogP contribution in [-0.4, -0.2) is 37.6 Å². The van der Waals surface area contributed by atoms with Gasteiger partial charge in [0, 0.05) is 23.5 Å². The van der Waals surface area contributed by atoms with Crippen molar-refractivity contribution in [2.24, 2.45) is 4.99 Å². The number of benzene rings is 2. The van der Waals surface area contributed by atoms with E-state index in [4.69, 9.17) is 11.6 Å². The van der Waals surface area contributed by atoms with Crippen LogP contribution in [0.15, 0.2) is 35.3 Å². The number of aliphatic imine (C=N–C) groups is 1. The number of rotatable bonds is 3. The molecule has 0 radical (unpaired) electrons. The predicted molar refractivity (Wildman–Crippen MR) is 88.8 cm³/mol. The summed E-state index contributed by atoms with van der Waals surface area (Å²) in [5.41, 5.74) is 0.244. The zero-order valence-corrected chi connectivity index (χ0v) is 13.2. The maximum Gasteiger partial charge on any atom is 0.340 e. The van der Waals surface area contributed by atoms with Crippen molar-refractivity contribution in [1.82, 2.24) is 5.32 Å². The van der Waals surface area contributed by atoms with Gasteiger partial charge in [-0.1, -0.05) is 35.9 Å². The first-order chi connectivity index (χ1) is 10.9. The molecule has 0 bridgehead atoms. The summed E-state index contributed by atoms with van der Waals surface area (Å²) < 4.78 is 27.3. The summed E-state index contributed by atoms with van der Waals surface area (Å²) in [6.45, 7) is -0.0680. The number of phenols is 1. The lowest BCUT2D eigenvalue weighted by atomic mass is 10.1. The number of sulfonamides is 1. The highest BCUT2D eigenvalue weighted by molar-refractivity contribution is 7.94. The molecule has 0 spiro atoms. The molecule has 1 aliphatic rings. The summed E-state index contributed by atoms with van der Waals surface area (Å²) in [5.74, 6) is -0.114. The molecule has 23 heavy (non-hydrogen) atoms. The lowest BCUT2D eigenvalue weighted by molar-refractivity contribution is 0.249. The van der Waals surface area contributed by atoms with Crippen molar-refractivity contribution < 1.29 is 18.3 Å². The Morgan fingerprint density at radius 3 is 2.65 bits per heavy atom. The third kappa shape index (κ3) is 2.95. The number of phenolic OH excluding ortho intramolecular Hbond substituents is 1. The standard InChI is InChI=1S/C14H12ClN3O4S/c15-11-5-12(9-3-1-2-4-10(9)13(11)19)18-23(21,22)8-6-16-14(20)17-7-8/h1-6,8,18-19H,7H2,(H,17,20). The fourth-order valence-corrected chi connectivity index (χ4v) is 3.63. The number of hydrogen-bond donors (Lipinski definition) is 3. The summed E-state index contributed by atoms with van der Waals surface area (Å²) in [4.78, 5) is 14.4. The van der Waals surface area contributed by atoms with Crippen LogP contribution < -0.4 is 10.0 Å². The smallest absolute Gasteiger partial charge is 0.340 e. The van der Waals surface area contributed by atoms with Crippen molar-refractivity contribution in [3.8, 4) is 5.75 Å². The molecule has 0 saturated carbocycles. The molecule has 0 aliphatic carbocycles. The average molecular weight is 354 g/mol. The largest absolute Gasteiger partial charge is 0.506 e. The molecule has 7 nitrogen and oxygen atoms in total. The van der Waals surface area contributed by atoms with Crippen LogP contribution >= 0.6 is 11.6 Å². The number of urea groups is 1. The van der Waals surface area contributed by atoms with Crippen molar-refractivity contribution in [2.45, 2.75) is 5.25 Å². The SMILES string of the molecule is O=C1N=CC(S(=O)(=O)Nc2cc(Cl)c(O)c3ccccc23)CN1. The van der Waals surface area contributed by atoms with E-state index in [1.165, 1.54) is 6.07 Å². The van der Waals surface area contributed by atoms with Gasteiger partial charge < -0.3 is 10.4 Å². The Kier molecular flexibility index (Phi) is 3.87. The minimum Gasteiger partial charge on any atom is -0.506 e. The van der Waals surface area contributed by atoms with Gasteiger partial charge in [0.1, 0.15) is 11.0 Å². The Hall–Kier alpha value is -2.32. The number of fused-ring (bicyclic) bond motifs is 1. The van der Waals surface area contributed by atoms with Gasteiger partial charge in [0.05, 0.1) is 10.7 Å². The lowest BCUT2D eigenvalue weighted by Gasteiger charge is -2.19. The normalized spacial score (nSPS) is 18.0. The molecular weight excluding hydrogens is 342 g/mol. The highest BCUT2D eigenvalue weighted by atomic mass is 35.5. The van der Waals surface area contributed by atoms with Gasteiger partial charge in [0.2, 0.25) is 10.0 Å². The molecule has 1 aliphatic heterocycles. The number of amides is 2. The zero-order valence-electron chi connectivity index (χ0n) is 11.7. The molecular formula is C14H12ClN3O4S. The first kappa shape index (κ1) is 15.6. The highest BCUT2D eigenvalue weighted by Crippen LogP contribution is 2.37. The molecule has 120 valence electrons. The van der Waals surface area contributed by atoms with Crippen LogP contribution in [0.5, 0.6) is 5.75 Å². The Morgan fingerprint density at radius 2 is 2.00 bits per heavy atom. The Morgan fingerprint density at radius 1 is 1.30 bits per heavy atom. The molecule has 3 rings (SSSR count). The molecule has 9 heteroatoms. The van der Waals surface area contributed by atoms with Crippen LogP contribution in [0.1, 0.15) is 0 Å². The minimum atomic E-state index is -3.84. The van der Waals surface area contributed by atoms with Crippen molar-refractivity contribution in [2.75, 3.05) is 11.3 Å². The van der Waals surface area contributed by atoms with E-state index in [1.54, 1.807) is 24.3 Å². The van der Waals surface area contributed by atoms with Crippen LogP contribution in [0.2, 0.25) is 5.02 Å². The average Bonchev–Trinajstić information content (AvgIpc) is 2.52. The summed E-state index contributed by atoms with van der Waals surface area (Å²) in [6.07, 6.45) is 1.09. The predicted octanol–water partition coefficient (Wildman–Crippen LogP) is 2.10. The van der Waals surface area contributed by atoms with E-state index >= 15 is 0 Å². The second kappa shape index (κ2) is 5.71. The molecule has 1 heterocycles. The van der Waals surface area contributed by atoms with Crippen LogP contribution in [0.4, 0.5) is 10.5 Å². The molecule has 2 aromatic carbocycles. The summed E-state index contributed by atoms with van der Waals surface area (Å²) >= 11 is 5.96.